The van der Waals surface area contributed by atoms with Crippen molar-refractivity contribution < 1.29 is 8.42 Å². The summed E-state index contributed by atoms with van der Waals surface area (Å²) in [5, 5.41) is -0.338. The molecule has 2 heterocycles. The quantitative estimate of drug-likeness (QED) is 0.853. The summed E-state index contributed by atoms with van der Waals surface area (Å²) < 4.78 is 26.5. The molecule has 1 saturated heterocycles. The van der Waals surface area contributed by atoms with E-state index in [0.717, 1.165) is 24.0 Å². The van der Waals surface area contributed by atoms with Crippen molar-refractivity contribution in [2.75, 3.05) is 26.2 Å². The van der Waals surface area contributed by atoms with Gasteiger partial charge in [-0.05, 0) is 26.0 Å². The van der Waals surface area contributed by atoms with Gasteiger partial charge >= 0.3 is 0 Å². The summed E-state index contributed by atoms with van der Waals surface area (Å²) in [6.07, 6.45) is 0. The molecule has 19 heavy (non-hydrogen) atoms. The largest absolute Gasteiger partial charge is 0.296 e. The topological polar surface area (TPSA) is 40.6 Å². The fourth-order valence-electron chi connectivity index (χ4n) is 2.10. The zero-order valence-corrected chi connectivity index (χ0v) is 13.6. The summed E-state index contributed by atoms with van der Waals surface area (Å²) >= 11 is 7.49. The van der Waals surface area contributed by atoms with Gasteiger partial charge in [0.05, 0.1) is 9.59 Å². The van der Waals surface area contributed by atoms with Gasteiger partial charge in [-0.3, -0.25) is 4.90 Å². The highest BCUT2D eigenvalue weighted by molar-refractivity contribution is 7.89. The number of sulfonamides is 1. The molecule has 0 atom stereocenters. The van der Waals surface area contributed by atoms with Crippen LogP contribution in [-0.2, 0) is 16.6 Å². The molecule has 2 rings (SSSR count). The lowest BCUT2D eigenvalue weighted by Gasteiger charge is -2.34. The molecule has 0 spiro atoms. The second-order valence-electron chi connectivity index (χ2n) is 4.97. The molecular weight excluding hydrogens is 304 g/mol. The third kappa shape index (κ3) is 3.70. The number of hydrogen-bond donors (Lipinski definition) is 0. The van der Waals surface area contributed by atoms with Crippen LogP contribution in [0.15, 0.2) is 12.1 Å². The van der Waals surface area contributed by atoms with Crippen LogP contribution in [0.2, 0.25) is 4.34 Å². The van der Waals surface area contributed by atoms with Crippen molar-refractivity contribution in [3.8, 4) is 0 Å². The van der Waals surface area contributed by atoms with E-state index in [2.05, 4.69) is 4.90 Å². The Bertz CT molecular complexity index is 520. The predicted molar refractivity (Wildman–Crippen MR) is 80.2 cm³/mol. The van der Waals surface area contributed by atoms with E-state index >= 15 is 0 Å². The molecule has 0 saturated carbocycles. The SMILES string of the molecule is CC(C)S(=O)(=O)N1CCN(Cc2ccc(Cl)s2)CC1. The maximum atomic E-state index is 12.0. The molecule has 7 heteroatoms. The molecule has 4 nitrogen and oxygen atoms in total. The minimum atomic E-state index is -3.10. The Hall–Kier alpha value is -0.140. The fourth-order valence-corrected chi connectivity index (χ4v) is 4.50. The number of piperazine rings is 1. The van der Waals surface area contributed by atoms with Gasteiger partial charge in [-0.25, -0.2) is 8.42 Å². The zero-order chi connectivity index (χ0) is 14.0. The fraction of sp³-hybridized carbons (Fsp3) is 0.667. The third-order valence-electron chi connectivity index (χ3n) is 3.30. The second-order valence-corrected chi connectivity index (χ2v) is 9.26. The second kappa shape index (κ2) is 6.10. The van der Waals surface area contributed by atoms with Gasteiger partial charge in [-0.15, -0.1) is 11.3 Å². The van der Waals surface area contributed by atoms with E-state index in [9.17, 15) is 8.42 Å². The van der Waals surface area contributed by atoms with Crippen LogP contribution < -0.4 is 0 Å². The molecule has 0 aliphatic carbocycles. The van der Waals surface area contributed by atoms with Gasteiger partial charge in [0.1, 0.15) is 0 Å². The van der Waals surface area contributed by atoms with Gasteiger partial charge in [-0.2, -0.15) is 4.31 Å². The molecule has 1 aliphatic rings. The van der Waals surface area contributed by atoms with Crippen molar-refractivity contribution in [3.05, 3.63) is 21.3 Å². The molecule has 1 aromatic rings. The number of halogens is 1. The van der Waals surface area contributed by atoms with Crippen molar-refractivity contribution in [2.45, 2.75) is 25.6 Å². The van der Waals surface area contributed by atoms with E-state index in [4.69, 9.17) is 11.6 Å². The highest BCUT2D eigenvalue weighted by Gasteiger charge is 2.29. The van der Waals surface area contributed by atoms with E-state index in [0.29, 0.717) is 13.1 Å². The average molecular weight is 323 g/mol. The summed E-state index contributed by atoms with van der Waals surface area (Å²) in [6, 6.07) is 3.94. The molecule has 0 aromatic carbocycles. The molecule has 1 fully saturated rings. The first kappa shape index (κ1) is 15.3. The zero-order valence-electron chi connectivity index (χ0n) is 11.2. The number of hydrogen-bond acceptors (Lipinski definition) is 4. The first-order valence-electron chi connectivity index (χ1n) is 6.35. The number of thiophene rings is 1. The standard InChI is InChI=1S/C12H19ClN2O2S2/c1-10(2)19(16,17)15-7-5-14(6-8-15)9-11-3-4-12(13)18-11/h3-4,10H,5-9H2,1-2H3. The van der Waals surface area contributed by atoms with E-state index in [-0.39, 0.29) is 5.25 Å². The number of nitrogens with zero attached hydrogens (tertiary/aromatic N) is 2. The van der Waals surface area contributed by atoms with Crippen molar-refractivity contribution >= 4 is 33.0 Å². The maximum absolute atomic E-state index is 12.0. The first-order chi connectivity index (χ1) is 8.89. The monoisotopic (exact) mass is 322 g/mol. The lowest BCUT2D eigenvalue weighted by atomic mass is 10.3. The summed E-state index contributed by atoms with van der Waals surface area (Å²) in [4.78, 5) is 3.50. The summed E-state index contributed by atoms with van der Waals surface area (Å²) in [6.45, 7) is 7.04. The number of rotatable bonds is 4. The van der Waals surface area contributed by atoms with Crippen molar-refractivity contribution in [3.63, 3.8) is 0 Å². The van der Waals surface area contributed by atoms with Crippen LogP contribution in [0.3, 0.4) is 0 Å². The molecule has 108 valence electrons. The van der Waals surface area contributed by atoms with E-state index in [1.165, 1.54) is 4.88 Å². The van der Waals surface area contributed by atoms with Crippen molar-refractivity contribution in [2.24, 2.45) is 0 Å². The molecule has 0 amide bonds. The Kier molecular flexibility index (Phi) is 4.89. The molecule has 1 aromatic heterocycles. The normalized spacial score (nSPS) is 19.2. The van der Waals surface area contributed by atoms with Crippen LogP contribution in [0.5, 0.6) is 0 Å². The molecule has 0 radical (unpaired) electrons. The van der Waals surface area contributed by atoms with E-state index in [1.54, 1.807) is 29.5 Å². The Balaban J connectivity index is 1.89. The van der Waals surface area contributed by atoms with Crippen molar-refractivity contribution in [1.82, 2.24) is 9.21 Å². The van der Waals surface area contributed by atoms with Crippen LogP contribution in [-0.4, -0.2) is 49.1 Å². The molecule has 1 aliphatic heterocycles. The highest BCUT2D eigenvalue weighted by Crippen LogP contribution is 2.23. The Labute approximate surface area is 124 Å². The molecular formula is C12H19ClN2O2S2. The summed E-state index contributed by atoms with van der Waals surface area (Å²) in [5.41, 5.74) is 0. The lowest BCUT2D eigenvalue weighted by molar-refractivity contribution is 0.182. The molecule has 0 bridgehead atoms. The minimum Gasteiger partial charge on any atom is -0.296 e. The average Bonchev–Trinajstić information content (AvgIpc) is 2.75. The summed E-state index contributed by atoms with van der Waals surface area (Å²) in [7, 11) is -3.10. The molecule has 0 unspecified atom stereocenters. The van der Waals surface area contributed by atoms with Gasteiger partial charge in [0.2, 0.25) is 10.0 Å². The summed E-state index contributed by atoms with van der Waals surface area (Å²) in [5.74, 6) is 0. The smallest absolute Gasteiger partial charge is 0.216 e. The van der Waals surface area contributed by atoms with Crippen LogP contribution in [0.25, 0.3) is 0 Å². The predicted octanol–water partition coefficient (Wildman–Crippen LogP) is 2.26. The van der Waals surface area contributed by atoms with Gasteiger partial charge in [0, 0.05) is 37.6 Å². The van der Waals surface area contributed by atoms with E-state index in [1.807, 2.05) is 12.1 Å². The Morgan fingerprint density at radius 1 is 1.26 bits per heavy atom. The van der Waals surface area contributed by atoms with Gasteiger partial charge in [-0.1, -0.05) is 11.6 Å². The first-order valence-corrected chi connectivity index (χ1v) is 9.05. The van der Waals surface area contributed by atoms with Gasteiger partial charge in [0.25, 0.3) is 0 Å². The van der Waals surface area contributed by atoms with Crippen LogP contribution in [0, 0.1) is 0 Å². The van der Waals surface area contributed by atoms with Crippen LogP contribution in [0.4, 0.5) is 0 Å². The van der Waals surface area contributed by atoms with Gasteiger partial charge < -0.3 is 0 Å². The Morgan fingerprint density at radius 2 is 1.89 bits per heavy atom. The van der Waals surface area contributed by atoms with Gasteiger partial charge in [0.15, 0.2) is 0 Å². The van der Waals surface area contributed by atoms with E-state index < -0.39 is 10.0 Å². The van der Waals surface area contributed by atoms with Crippen LogP contribution >= 0.6 is 22.9 Å². The maximum Gasteiger partial charge on any atom is 0.216 e. The Morgan fingerprint density at radius 3 is 2.37 bits per heavy atom. The third-order valence-corrected chi connectivity index (χ3v) is 6.79. The molecule has 0 N–H and O–H groups in total. The highest BCUT2D eigenvalue weighted by atomic mass is 35.5. The minimum absolute atomic E-state index is 0.338. The van der Waals surface area contributed by atoms with Crippen molar-refractivity contribution in [1.29, 1.82) is 0 Å². The van der Waals surface area contributed by atoms with Crippen LogP contribution in [0.1, 0.15) is 18.7 Å². The lowest BCUT2D eigenvalue weighted by Crippen LogP contribution is -2.49.